The minimum absolute atomic E-state index is 0.127. The lowest BCUT2D eigenvalue weighted by atomic mass is 9.78. The van der Waals surface area contributed by atoms with Gasteiger partial charge in [-0.1, -0.05) is 44.9 Å². The summed E-state index contributed by atoms with van der Waals surface area (Å²) in [5.41, 5.74) is 1.12. The van der Waals surface area contributed by atoms with Gasteiger partial charge in [0, 0.05) is 17.8 Å². The lowest BCUT2D eigenvalue weighted by Crippen LogP contribution is -2.44. The summed E-state index contributed by atoms with van der Waals surface area (Å²) in [5, 5.41) is 4.43. The Bertz CT molecular complexity index is 631. The van der Waals surface area contributed by atoms with Crippen LogP contribution < -0.4 is 5.32 Å². The summed E-state index contributed by atoms with van der Waals surface area (Å²) in [4.78, 5) is 12.3. The summed E-state index contributed by atoms with van der Waals surface area (Å²) in [6, 6.07) is 10.6. The van der Waals surface area contributed by atoms with Gasteiger partial charge in [0.2, 0.25) is 5.91 Å². The maximum absolute atomic E-state index is 12.3. The molecule has 3 nitrogen and oxygen atoms in total. The molecule has 1 fully saturated rings. The Hall–Kier alpha value is -1.77. The second-order valence-corrected chi connectivity index (χ2v) is 6.44. The van der Waals surface area contributed by atoms with Crippen LogP contribution in [-0.2, 0) is 11.3 Å². The number of fused-ring (bicyclic) bond motifs is 1. The first-order valence-corrected chi connectivity index (χ1v) is 7.98. The monoisotopic (exact) mass is 284 g/mol. The first-order chi connectivity index (χ1) is 10.1. The molecular formula is C18H24N2O. The molecule has 1 amide bonds. The molecule has 1 aliphatic rings. The molecule has 0 saturated heterocycles. The molecule has 0 spiro atoms. The van der Waals surface area contributed by atoms with Crippen molar-refractivity contribution in [3.05, 3.63) is 36.5 Å². The number of rotatable bonds is 3. The molecule has 3 rings (SSSR count). The third-order valence-electron chi connectivity index (χ3n) is 5.05. The van der Waals surface area contributed by atoms with E-state index in [0.717, 1.165) is 11.9 Å². The molecule has 2 aromatic rings. The molecule has 1 heterocycles. The average molecular weight is 284 g/mol. The first-order valence-electron chi connectivity index (χ1n) is 7.98. The Kier molecular flexibility index (Phi) is 4.00. The molecule has 21 heavy (non-hydrogen) atoms. The molecule has 0 radical (unpaired) electrons. The predicted molar refractivity (Wildman–Crippen MR) is 86.0 cm³/mol. The van der Waals surface area contributed by atoms with Crippen LogP contribution in [0.1, 0.15) is 33.1 Å². The molecule has 1 aliphatic carbocycles. The standard InChI is InChI=1S/C18H24N2O/c1-13-6-5-8-16(14(13)2)19-18(21)12-20-11-10-15-7-3-4-9-17(15)20/h3-4,7,9-11,13-14,16H,5-6,8,12H2,1-2H3,(H,19,21). The average Bonchev–Trinajstić information content (AvgIpc) is 2.87. The van der Waals surface area contributed by atoms with Gasteiger partial charge in [-0.2, -0.15) is 0 Å². The minimum Gasteiger partial charge on any atom is -0.352 e. The van der Waals surface area contributed by atoms with E-state index in [1.807, 2.05) is 22.9 Å². The van der Waals surface area contributed by atoms with Gasteiger partial charge in [0.15, 0.2) is 0 Å². The second-order valence-electron chi connectivity index (χ2n) is 6.44. The van der Waals surface area contributed by atoms with Gasteiger partial charge < -0.3 is 9.88 Å². The van der Waals surface area contributed by atoms with E-state index in [4.69, 9.17) is 0 Å². The van der Waals surface area contributed by atoms with E-state index in [9.17, 15) is 4.79 Å². The largest absolute Gasteiger partial charge is 0.352 e. The Balaban J connectivity index is 1.66. The van der Waals surface area contributed by atoms with Crippen LogP contribution in [0.25, 0.3) is 10.9 Å². The number of carbonyl (C=O) groups excluding carboxylic acids is 1. The zero-order chi connectivity index (χ0) is 14.8. The van der Waals surface area contributed by atoms with Crippen LogP contribution in [0.4, 0.5) is 0 Å². The molecule has 3 atom stereocenters. The first kappa shape index (κ1) is 14.2. The summed E-state index contributed by atoms with van der Waals surface area (Å²) in [6.45, 7) is 4.97. The number of hydrogen-bond acceptors (Lipinski definition) is 1. The van der Waals surface area contributed by atoms with Crippen molar-refractivity contribution in [3.63, 3.8) is 0 Å². The fraction of sp³-hybridized carbons (Fsp3) is 0.500. The number of nitrogens with one attached hydrogen (secondary N) is 1. The van der Waals surface area contributed by atoms with Gasteiger partial charge in [0.05, 0.1) is 0 Å². The highest BCUT2D eigenvalue weighted by molar-refractivity contribution is 5.83. The molecule has 3 unspecified atom stereocenters. The van der Waals surface area contributed by atoms with Gasteiger partial charge in [-0.05, 0) is 35.8 Å². The maximum Gasteiger partial charge on any atom is 0.240 e. The number of nitrogens with zero attached hydrogens (tertiary/aromatic N) is 1. The molecule has 1 saturated carbocycles. The highest BCUT2D eigenvalue weighted by Crippen LogP contribution is 2.29. The van der Waals surface area contributed by atoms with E-state index in [1.165, 1.54) is 18.2 Å². The fourth-order valence-electron chi connectivity index (χ4n) is 3.47. The van der Waals surface area contributed by atoms with Crippen LogP contribution in [0.3, 0.4) is 0 Å². The van der Waals surface area contributed by atoms with Gasteiger partial charge >= 0.3 is 0 Å². The van der Waals surface area contributed by atoms with Crippen LogP contribution in [0.2, 0.25) is 0 Å². The van der Waals surface area contributed by atoms with Crippen molar-refractivity contribution < 1.29 is 4.79 Å². The normalized spacial score (nSPS) is 25.9. The number of benzene rings is 1. The minimum atomic E-state index is 0.127. The Labute approximate surface area is 126 Å². The highest BCUT2D eigenvalue weighted by Gasteiger charge is 2.28. The number of carbonyl (C=O) groups is 1. The zero-order valence-corrected chi connectivity index (χ0v) is 12.9. The predicted octanol–water partition coefficient (Wildman–Crippen LogP) is 3.58. The number of para-hydroxylation sites is 1. The maximum atomic E-state index is 12.3. The van der Waals surface area contributed by atoms with Crippen LogP contribution >= 0.6 is 0 Å². The van der Waals surface area contributed by atoms with Crippen molar-refractivity contribution in [2.24, 2.45) is 11.8 Å². The molecular weight excluding hydrogens is 260 g/mol. The molecule has 1 N–H and O–H groups in total. The second kappa shape index (κ2) is 5.92. The number of amides is 1. The van der Waals surface area contributed by atoms with E-state index >= 15 is 0 Å². The Morgan fingerprint density at radius 1 is 1.24 bits per heavy atom. The third kappa shape index (κ3) is 2.97. The van der Waals surface area contributed by atoms with Crippen molar-refractivity contribution in [2.45, 2.75) is 45.7 Å². The van der Waals surface area contributed by atoms with E-state index in [1.54, 1.807) is 0 Å². The summed E-state index contributed by atoms with van der Waals surface area (Å²) in [5.74, 6) is 1.41. The third-order valence-corrected chi connectivity index (χ3v) is 5.05. The molecule has 112 valence electrons. The molecule has 1 aromatic heterocycles. The van der Waals surface area contributed by atoms with E-state index in [2.05, 4.69) is 37.4 Å². The van der Waals surface area contributed by atoms with Crippen LogP contribution in [-0.4, -0.2) is 16.5 Å². The SMILES string of the molecule is CC1CCCC(NC(=O)Cn2ccc3ccccc32)C1C. The fourth-order valence-corrected chi connectivity index (χ4v) is 3.47. The van der Waals surface area contributed by atoms with Crippen molar-refractivity contribution in [3.8, 4) is 0 Å². The summed E-state index contributed by atoms with van der Waals surface area (Å²) in [6.07, 6.45) is 5.62. The van der Waals surface area contributed by atoms with Crippen molar-refractivity contribution in [2.75, 3.05) is 0 Å². The highest BCUT2D eigenvalue weighted by atomic mass is 16.2. The quantitative estimate of drug-likeness (QED) is 0.918. The van der Waals surface area contributed by atoms with Crippen molar-refractivity contribution in [1.82, 2.24) is 9.88 Å². The summed E-state index contributed by atoms with van der Waals surface area (Å²) < 4.78 is 2.03. The molecule has 1 aromatic carbocycles. The molecule has 0 aliphatic heterocycles. The zero-order valence-electron chi connectivity index (χ0n) is 12.9. The lowest BCUT2D eigenvalue weighted by Gasteiger charge is -2.34. The summed E-state index contributed by atoms with van der Waals surface area (Å²) in [7, 11) is 0. The lowest BCUT2D eigenvalue weighted by molar-refractivity contribution is -0.123. The smallest absolute Gasteiger partial charge is 0.240 e. The van der Waals surface area contributed by atoms with Gasteiger partial charge in [0.25, 0.3) is 0 Å². The van der Waals surface area contributed by atoms with E-state index in [0.29, 0.717) is 24.4 Å². The Morgan fingerprint density at radius 3 is 2.90 bits per heavy atom. The van der Waals surface area contributed by atoms with Gasteiger partial charge in [-0.15, -0.1) is 0 Å². The topological polar surface area (TPSA) is 34.0 Å². The van der Waals surface area contributed by atoms with E-state index in [-0.39, 0.29) is 5.91 Å². The van der Waals surface area contributed by atoms with Gasteiger partial charge in [-0.25, -0.2) is 0 Å². The van der Waals surface area contributed by atoms with Crippen molar-refractivity contribution >= 4 is 16.8 Å². The van der Waals surface area contributed by atoms with E-state index < -0.39 is 0 Å². The van der Waals surface area contributed by atoms with Crippen molar-refractivity contribution in [1.29, 1.82) is 0 Å². The molecule has 0 bridgehead atoms. The summed E-state index contributed by atoms with van der Waals surface area (Å²) >= 11 is 0. The van der Waals surface area contributed by atoms with Crippen LogP contribution in [0, 0.1) is 11.8 Å². The molecule has 3 heteroatoms. The number of aromatic nitrogens is 1. The Morgan fingerprint density at radius 2 is 2.05 bits per heavy atom. The number of hydrogen-bond donors (Lipinski definition) is 1. The van der Waals surface area contributed by atoms with Crippen LogP contribution in [0.5, 0.6) is 0 Å². The van der Waals surface area contributed by atoms with Gasteiger partial charge in [0.1, 0.15) is 6.54 Å². The van der Waals surface area contributed by atoms with Crippen LogP contribution in [0.15, 0.2) is 36.5 Å². The van der Waals surface area contributed by atoms with Gasteiger partial charge in [-0.3, -0.25) is 4.79 Å².